The van der Waals surface area contributed by atoms with Crippen LogP contribution in [0.5, 0.6) is 0 Å². The molecule has 0 spiro atoms. The van der Waals surface area contributed by atoms with Crippen molar-refractivity contribution in [2.75, 3.05) is 20.1 Å². The second-order valence-corrected chi connectivity index (χ2v) is 9.44. The smallest absolute Gasteiger partial charge is 0.367 e. The summed E-state index contributed by atoms with van der Waals surface area (Å²) in [6.07, 6.45) is 5.07. The number of hydrogen-bond donors (Lipinski definition) is 1. The number of fused-ring (bicyclic) bond motifs is 1. The molecule has 0 radical (unpaired) electrons. The second kappa shape index (κ2) is 7.21. The topological polar surface area (TPSA) is 52.7 Å². The third-order valence-corrected chi connectivity index (χ3v) is 7.65. The van der Waals surface area contributed by atoms with Gasteiger partial charge in [0.25, 0.3) is 0 Å². The van der Waals surface area contributed by atoms with Crippen LogP contribution < -0.4 is 5.32 Å². The van der Waals surface area contributed by atoms with Crippen LogP contribution in [0.1, 0.15) is 18.4 Å². The first-order valence-corrected chi connectivity index (χ1v) is 10.9. The number of likely N-dealkylation sites (N-methyl/N-ethyl adjacent to an activating group) is 1. The average molecular weight is 425 g/mol. The lowest BCUT2D eigenvalue weighted by Crippen LogP contribution is -2.40. The normalized spacial score (nSPS) is 23.4. The molecule has 0 aliphatic carbocycles. The number of alkyl halides is 3. The van der Waals surface area contributed by atoms with Crippen molar-refractivity contribution in [3.63, 3.8) is 0 Å². The summed E-state index contributed by atoms with van der Waals surface area (Å²) in [7, 11) is -1.81. The van der Waals surface area contributed by atoms with E-state index in [2.05, 4.69) is 16.3 Å². The Balaban J connectivity index is 1.44. The average Bonchev–Trinajstić information content (AvgIpc) is 3.13. The molecule has 3 aliphatic heterocycles. The lowest BCUT2D eigenvalue weighted by atomic mass is 9.85. The van der Waals surface area contributed by atoms with Gasteiger partial charge in [0, 0.05) is 32.5 Å². The van der Waals surface area contributed by atoms with Gasteiger partial charge in [0.1, 0.15) is 6.17 Å². The van der Waals surface area contributed by atoms with Crippen LogP contribution in [0.4, 0.5) is 13.2 Å². The third-order valence-electron chi connectivity index (χ3n) is 5.74. The van der Waals surface area contributed by atoms with Crippen LogP contribution in [0.15, 0.2) is 64.9 Å². The number of allylic oxidation sites excluding steroid dienone is 2. The van der Waals surface area contributed by atoms with Gasteiger partial charge in [-0.05, 0) is 60.2 Å². The predicted molar refractivity (Wildman–Crippen MR) is 103 cm³/mol. The Labute approximate surface area is 168 Å². The molecule has 0 saturated carbocycles. The van der Waals surface area contributed by atoms with E-state index in [1.54, 1.807) is 0 Å². The number of halogens is 3. The van der Waals surface area contributed by atoms with Crippen LogP contribution in [-0.4, -0.2) is 43.9 Å². The summed E-state index contributed by atoms with van der Waals surface area (Å²) in [6.45, 7) is 0.684. The Morgan fingerprint density at radius 3 is 2.34 bits per heavy atom. The van der Waals surface area contributed by atoms with E-state index in [4.69, 9.17) is 0 Å². The SMILES string of the molecule is CN1C=CC=C2C(C3CCN(S(=O)(=O)c4ccc(C(F)(F)F)cc4)CC3)=CNC21. The van der Waals surface area contributed by atoms with Crippen molar-refractivity contribution in [1.82, 2.24) is 14.5 Å². The first kappa shape index (κ1) is 20.0. The van der Waals surface area contributed by atoms with E-state index in [0.717, 1.165) is 24.3 Å². The van der Waals surface area contributed by atoms with Crippen LogP contribution in [0, 0.1) is 5.92 Å². The highest BCUT2D eigenvalue weighted by molar-refractivity contribution is 7.89. The molecule has 1 atom stereocenters. The minimum atomic E-state index is -4.49. The van der Waals surface area contributed by atoms with Crippen molar-refractivity contribution in [3.8, 4) is 0 Å². The van der Waals surface area contributed by atoms with E-state index in [1.807, 2.05) is 25.5 Å². The predicted octanol–water partition coefficient (Wildman–Crippen LogP) is 3.30. The zero-order valence-electron chi connectivity index (χ0n) is 15.9. The molecule has 1 aromatic carbocycles. The van der Waals surface area contributed by atoms with Crippen LogP contribution >= 0.6 is 0 Å². The Morgan fingerprint density at radius 1 is 1.07 bits per heavy atom. The fraction of sp³-hybridized carbons (Fsp3) is 0.400. The Bertz CT molecular complexity index is 973. The second-order valence-electron chi connectivity index (χ2n) is 7.50. The van der Waals surface area contributed by atoms with Gasteiger partial charge in [-0.15, -0.1) is 0 Å². The summed E-state index contributed by atoms with van der Waals surface area (Å²) < 4.78 is 65.2. The van der Waals surface area contributed by atoms with Crippen molar-refractivity contribution < 1.29 is 21.6 Å². The number of nitrogens with zero attached hydrogens (tertiary/aromatic N) is 2. The van der Waals surface area contributed by atoms with Gasteiger partial charge in [0.2, 0.25) is 10.0 Å². The van der Waals surface area contributed by atoms with Gasteiger partial charge in [0.05, 0.1) is 10.5 Å². The van der Waals surface area contributed by atoms with Gasteiger partial charge in [-0.2, -0.15) is 17.5 Å². The summed E-state index contributed by atoms with van der Waals surface area (Å²) in [5, 5.41) is 3.36. The fourth-order valence-electron chi connectivity index (χ4n) is 4.12. The van der Waals surface area contributed by atoms with E-state index in [0.29, 0.717) is 25.9 Å². The molecule has 156 valence electrons. The summed E-state index contributed by atoms with van der Waals surface area (Å²) in [4.78, 5) is 1.98. The first-order chi connectivity index (χ1) is 13.7. The molecular weight excluding hydrogens is 403 g/mol. The van der Waals surface area contributed by atoms with Gasteiger partial charge in [-0.1, -0.05) is 6.08 Å². The zero-order valence-corrected chi connectivity index (χ0v) is 16.7. The van der Waals surface area contributed by atoms with E-state index < -0.39 is 21.8 Å². The van der Waals surface area contributed by atoms with E-state index in [-0.39, 0.29) is 17.0 Å². The quantitative estimate of drug-likeness (QED) is 0.808. The molecule has 0 bridgehead atoms. The van der Waals surface area contributed by atoms with Crippen LogP contribution in [0.25, 0.3) is 0 Å². The largest absolute Gasteiger partial charge is 0.416 e. The molecule has 1 aromatic rings. The molecule has 3 heterocycles. The van der Waals surface area contributed by atoms with Gasteiger partial charge in [-0.25, -0.2) is 8.42 Å². The maximum atomic E-state index is 12.8. The summed E-state index contributed by atoms with van der Waals surface area (Å²) in [5.74, 6) is 0.248. The van der Waals surface area contributed by atoms with Crippen LogP contribution in [0.3, 0.4) is 0 Å². The van der Waals surface area contributed by atoms with Crippen molar-refractivity contribution in [2.24, 2.45) is 5.92 Å². The molecule has 0 aromatic heterocycles. The number of sulfonamides is 1. The highest BCUT2D eigenvalue weighted by Gasteiger charge is 2.36. The maximum absolute atomic E-state index is 12.8. The van der Waals surface area contributed by atoms with Crippen molar-refractivity contribution in [3.05, 3.63) is 65.5 Å². The number of rotatable bonds is 3. The van der Waals surface area contributed by atoms with Crippen molar-refractivity contribution >= 4 is 10.0 Å². The summed E-state index contributed by atoms with van der Waals surface area (Å²) >= 11 is 0. The van der Waals surface area contributed by atoms with Gasteiger partial charge in [0.15, 0.2) is 0 Å². The zero-order chi connectivity index (χ0) is 20.8. The number of hydrogen-bond acceptors (Lipinski definition) is 4. The number of benzene rings is 1. The molecule has 4 rings (SSSR count). The fourth-order valence-corrected chi connectivity index (χ4v) is 5.59. The van der Waals surface area contributed by atoms with E-state index >= 15 is 0 Å². The lowest BCUT2D eigenvalue weighted by Gasteiger charge is -2.34. The molecule has 3 aliphatic rings. The molecule has 1 N–H and O–H groups in total. The minimum Gasteiger partial charge on any atom is -0.367 e. The van der Waals surface area contributed by atoms with Crippen LogP contribution in [-0.2, 0) is 16.2 Å². The summed E-state index contributed by atoms with van der Waals surface area (Å²) in [6, 6.07) is 3.70. The van der Waals surface area contributed by atoms with E-state index in [1.165, 1.54) is 15.5 Å². The number of nitrogens with one attached hydrogen (secondary N) is 1. The molecule has 5 nitrogen and oxygen atoms in total. The maximum Gasteiger partial charge on any atom is 0.416 e. The van der Waals surface area contributed by atoms with Gasteiger partial charge >= 0.3 is 6.18 Å². The van der Waals surface area contributed by atoms with Crippen molar-refractivity contribution in [2.45, 2.75) is 30.1 Å². The first-order valence-electron chi connectivity index (χ1n) is 9.42. The monoisotopic (exact) mass is 425 g/mol. The van der Waals surface area contributed by atoms with Gasteiger partial charge < -0.3 is 10.2 Å². The Hall–Kier alpha value is -2.26. The highest BCUT2D eigenvalue weighted by Crippen LogP contribution is 2.37. The highest BCUT2D eigenvalue weighted by atomic mass is 32.2. The standard InChI is InChI=1S/C20H22F3N3O2S/c1-25-10-2-3-17-18(13-24-19(17)25)14-8-11-26(12-9-14)29(27,28)16-6-4-15(5-7-16)20(21,22)23/h2-7,10,13-14,19,24H,8-9,11-12H2,1H3. The number of piperidine rings is 1. The molecule has 1 fully saturated rings. The van der Waals surface area contributed by atoms with Crippen molar-refractivity contribution in [1.29, 1.82) is 0 Å². The molecule has 1 saturated heterocycles. The Morgan fingerprint density at radius 2 is 1.72 bits per heavy atom. The Kier molecular flexibility index (Phi) is 4.98. The molecule has 1 unspecified atom stereocenters. The van der Waals surface area contributed by atoms with Crippen LogP contribution in [0.2, 0.25) is 0 Å². The van der Waals surface area contributed by atoms with E-state index in [9.17, 15) is 21.6 Å². The van der Waals surface area contributed by atoms with Gasteiger partial charge in [-0.3, -0.25) is 0 Å². The molecule has 9 heteroatoms. The molecule has 0 amide bonds. The summed E-state index contributed by atoms with van der Waals surface area (Å²) in [5.41, 5.74) is 1.56. The minimum absolute atomic E-state index is 0.104. The lowest BCUT2D eigenvalue weighted by molar-refractivity contribution is -0.137. The molecular formula is C20H22F3N3O2S. The third kappa shape index (κ3) is 3.69. The molecule has 29 heavy (non-hydrogen) atoms.